The van der Waals surface area contributed by atoms with Crippen LogP contribution in [0.3, 0.4) is 0 Å². The second-order valence-electron chi connectivity index (χ2n) is 3.35. The highest BCUT2D eigenvalue weighted by molar-refractivity contribution is 5.24. The molecule has 1 aromatic heterocycles. The lowest BCUT2D eigenvalue weighted by Crippen LogP contribution is -2.04. The van der Waals surface area contributed by atoms with E-state index in [-0.39, 0.29) is 5.75 Å². The summed E-state index contributed by atoms with van der Waals surface area (Å²) in [6, 6.07) is 6.18. The highest BCUT2D eigenvalue weighted by atomic mass is 19.1. The Morgan fingerprint density at radius 1 is 1.31 bits per heavy atom. The second-order valence-corrected chi connectivity index (χ2v) is 3.35. The largest absolute Gasteiger partial charge is 0.478 e. The Kier molecular flexibility index (Phi) is 2.85. The predicted octanol–water partition coefficient (Wildman–Crippen LogP) is 2.66. The average molecular weight is 222 g/mol. The van der Waals surface area contributed by atoms with Crippen LogP contribution in [0.2, 0.25) is 0 Å². The Hall–Kier alpha value is -1.91. The van der Waals surface area contributed by atoms with E-state index in [4.69, 9.17) is 9.15 Å². The van der Waals surface area contributed by atoms with Crippen LogP contribution in [0.25, 0.3) is 0 Å². The maximum atomic E-state index is 13.3. The minimum absolute atomic E-state index is 0.172. The van der Waals surface area contributed by atoms with E-state index in [9.17, 15) is 4.39 Å². The Balaban J connectivity index is 2.13. The molecule has 16 heavy (non-hydrogen) atoms. The molecule has 0 saturated carbocycles. The van der Waals surface area contributed by atoms with E-state index in [1.54, 1.807) is 32.0 Å². The number of ether oxygens (including phenoxy) is 1. The van der Waals surface area contributed by atoms with Crippen LogP contribution in [-0.2, 0) is 0 Å². The fourth-order valence-corrected chi connectivity index (χ4v) is 1.26. The molecule has 1 atom stereocenters. The molecule has 1 aromatic carbocycles. The van der Waals surface area contributed by atoms with Crippen molar-refractivity contribution in [2.45, 2.75) is 20.0 Å². The zero-order valence-corrected chi connectivity index (χ0v) is 8.98. The van der Waals surface area contributed by atoms with Crippen molar-refractivity contribution in [3.8, 4) is 5.75 Å². The number of rotatable bonds is 3. The summed E-state index contributed by atoms with van der Waals surface area (Å²) in [6.45, 7) is 3.41. The predicted molar refractivity (Wildman–Crippen MR) is 54.5 cm³/mol. The van der Waals surface area contributed by atoms with Gasteiger partial charge in [-0.05, 0) is 19.1 Å². The third kappa shape index (κ3) is 2.18. The minimum atomic E-state index is -0.474. The first-order valence-corrected chi connectivity index (χ1v) is 4.88. The SMILES string of the molecule is Cc1nnc(C(C)Oc2ccccc2F)o1. The number of hydrogen-bond acceptors (Lipinski definition) is 4. The van der Waals surface area contributed by atoms with Gasteiger partial charge < -0.3 is 9.15 Å². The van der Waals surface area contributed by atoms with E-state index in [1.807, 2.05) is 0 Å². The summed E-state index contributed by atoms with van der Waals surface area (Å²) >= 11 is 0. The van der Waals surface area contributed by atoms with Gasteiger partial charge in [0.05, 0.1) is 0 Å². The highest BCUT2D eigenvalue weighted by Crippen LogP contribution is 2.23. The van der Waals surface area contributed by atoms with E-state index in [1.165, 1.54) is 6.07 Å². The van der Waals surface area contributed by atoms with Gasteiger partial charge in [0.25, 0.3) is 5.89 Å². The topological polar surface area (TPSA) is 48.2 Å². The van der Waals surface area contributed by atoms with Crippen LogP contribution in [0.15, 0.2) is 28.7 Å². The van der Waals surface area contributed by atoms with Crippen molar-refractivity contribution in [3.05, 3.63) is 41.9 Å². The molecule has 0 spiro atoms. The third-order valence-electron chi connectivity index (χ3n) is 2.03. The molecule has 0 aliphatic carbocycles. The van der Waals surface area contributed by atoms with Crippen LogP contribution >= 0.6 is 0 Å². The zero-order chi connectivity index (χ0) is 11.5. The Morgan fingerprint density at radius 3 is 2.69 bits per heavy atom. The molecule has 0 aliphatic heterocycles. The van der Waals surface area contributed by atoms with Gasteiger partial charge in [0.15, 0.2) is 17.7 Å². The second kappa shape index (κ2) is 4.30. The van der Waals surface area contributed by atoms with Crippen molar-refractivity contribution >= 4 is 0 Å². The Labute approximate surface area is 92.1 Å². The molecular weight excluding hydrogens is 211 g/mol. The molecule has 5 heteroatoms. The molecule has 0 bridgehead atoms. The smallest absolute Gasteiger partial charge is 0.256 e. The monoisotopic (exact) mass is 222 g/mol. The fourth-order valence-electron chi connectivity index (χ4n) is 1.26. The Bertz CT molecular complexity index is 484. The van der Waals surface area contributed by atoms with E-state index in [0.29, 0.717) is 11.8 Å². The maximum absolute atomic E-state index is 13.3. The lowest BCUT2D eigenvalue weighted by molar-refractivity contribution is 0.179. The third-order valence-corrected chi connectivity index (χ3v) is 2.03. The maximum Gasteiger partial charge on any atom is 0.256 e. The number of hydrogen-bond donors (Lipinski definition) is 0. The van der Waals surface area contributed by atoms with Crippen molar-refractivity contribution in [2.75, 3.05) is 0 Å². The summed E-state index contributed by atoms with van der Waals surface area (Å²) in [4.78, 5) is 0. The number of nitrogens with zero attached hydrogens (tertiary/aromatic N) is 2. The lowest BCUT2D eigenvalue weighted by atomic mass is 10.3. The number of aromatic nitrogens is 2. The van der Waals surface area contributed by atoms with Crippen molar-refractivity contribution in [3.63, 3.8) is 0 Å². The standard InChI is InChI=1S/C11H11FN2O2/c1-7(11-14-13-8(2)16-11)15-10-6-4-3-5-9(10)12/h3-7H,1-2H3. The lowest BCUT2D eigenvalue weighted by Gasteiger charge is -2.11. The van der Waals surface area contributed by atoms with Crippen molar-refractivity contribution in [1.29, 1.82) is 0 Å². The molecule has 0 radical (unpaired) electrons. The van der Waals surface area contributed by atoms with Gasteiger partial charge in [-0.2, -0.15) is 0 Å². The fraction of sp³-hybridized carbons (Fsp3) is 0.273. The van der Waals surface area contributed by atoms with Crippen LogP contribution < -0.4 is 4.74 Å². The molecule has 1 heterocycles. The van der Waals surface area contributed by atoms with Crippen LogP contribution in [0, 0.1) is 12.7 Å². The average Bonchev–Trinajstić information content (AvgIpc) is 2.68. The summed E-state index contributed by atoms with van der Waals surface area (Å²) in [7, 11) is 0. The normalized spacial score (nSPS) is 12.4. The zero-order valence-electron chi connectivity index (χ0n) is 8.98. The molecule has 2 rings (SSSR count). The number of benzene rings is 1. The van der Waals surface area contributed by atoms with Crippen molar-refractivity contribution in [1.82, 2.24) is 10.2 Å². The quantitative estimate of drug-likeness (QED) is 0.801. The van der Waals surface area contributed by atoms with E-state index < -0.39 is 11.9 Å². The van der Waals surface area contributed by atoms with Gasteiger partial charge in [0.2, 0.25) is 5.89 Å². The number of aryl methyl sites for hydroxylation is 1. The summed E-state index contributed by atoms with van der Waals surface area (Å²) in [5, 5.41) is 7.49. The van der Waals surface area contributed by atoms with Crippen molar-refractivity contribution in [2.24, 2.45) is 0 Å². The summed E-state index contributed by atoms with van der Waals surface area (Å²) < 4.78 is 23.8. The summed E-state index contributed by atoms with van der Waals surface area (Å²) in [5.74, 6) is 0.552. The number of para-hydroxylation sites is 1. The molecule has 0 amide bonds. The van der Waals surface area contributed by atoms with Crippen molar-refractivity contribution < 1.29 is 13.5 Å². The van der Waals surface area contributed by atoms with Gasteiger partial charge in [-0.25, -0.2) is 4.39 Å². The summed E-state index contributed by atoms with van der Waals surface area (Å²) in [5.41, 5.74) is 0. The van der Waals surface area contributed by atoms with Gasteiger partial charge in [0.1, 0.15) is 0 Å². The molecule has 1 unspecified atom stereocenters. The molecule has 0 fully saturated rings. The molecule has 2 aromatic rings. The Morgan fingerprint density at radius 2 is 2.06 bits per heavy atom. The summed E-state index contributed by atoms with van der Waals surface area (Å²) in [6.07, 6.45) is -0.474. The first-order chi connectivity index (χ1) is 7.66. The van der Waals surface area contributed by atoms with E-state index in [0.717, 1.165) is 0 Å². The van der Waals surface area contributed by atoms with Crippen LogP contribution in [0.4, 0.5) is 4.39 Å². The first kappa shape index (κ1) is 10.6. The first-order valence-electron chi connectivity index (χ1n) is 4.88. The van der Waals surface area contributed by atoms with Crippen LogP contribution in [0.5, 0.6) is 5.75 Å². The van der Waals surface area contributed by atoms with E-state index >= 15 is 0 Å². The van der Waals surface area contributed by atoms with Gasteiger partial charge in [-0.15, -0.1) is 10.2 Å². The van der Waals surface area contributed by atoms with Gasteiger partial charge in [-0.1, -0.05) is 12.1 Å². The molecule has 4 nitrogen and oxygen atoms in total. The molecule has 0 saturated heterocycles. The van der Waals surface area contributed by atoms with Crippen LogP contribution in [-0.4, -0.2) is 10.2 Å². The van der Waals surface area contributed by atoms with Gasteiger partial charge >= 0.3 is 0 Å². The highest BCUT2D eigenvalue weighted by Gasteiger charge is 2.15. The van der Waals surface area contributed by atoms with Crippen LogP contribution in [0.1, 0.15) is 24.8 Å². The molecule has 84 valence electrons. The van der Waals surface area contributed by atoms with E-state index in [2.05, 4.69) is 10.2 Å². The number of halogens is 1. The molecular formula is C11H11FN2O2. The van der Waals surface area contributed by atoms with Gasteiger partial charge in [-0.3, -0.25) is 0 Å². The van der Waals surface area contributed by atoms with Gasteiger partial charge in [0, 0.05) is 6.92 Å². The molecule has 0 aliphatic rings. The molecule has 0 N–H and O–H groups in total. The minimum Gasteiger partial charge on any atom is -0.478 e.